The second-order valence-corrected chi connectivity index (χ2v) is 4.64. The number of carbonyl (C=O) groups is 1. The third kappa shape index (κ3) is 2.45. The predicted molar refractivity (Wildman–Crippen MR) is 70.6 cm³/mol. The van der Waals surface area contributed by atoms with Crippen molar-refractivity contribution in [1.29, 1.82) is 0 Å². The molecule has 1 atom stereocenters. The van der Waals surface area contributed by atoms with Crippen molar-refractivity contribution in [3.8, 4) is 0 Å². The molecule has 2 N–H and O–H groups in total. The summed E-state index contributed by atoms with van der Waals surface area (Å²) in [6.45, 7) is 2.15. The van der Waals surface area contributed by atoms with Crippen molar-refractivity contribution in [3.63, 3.8) is 0 Å². The van der Waals surface area contributed by atoms with Crippen LogP contribution in [0.4, 0.5) is 5.69 Å². The van der Waals surface area contributed by atoms with Crippen LogP contribution in [-0.2, 0) is 17.8 Å². The highest BCUT2D eigenvalue weighted by Crippen LogP contribution is 2.25. The van der Waals surface area contributed by atoms with Gasteiger partial charge in [0.1, 0.15) is 11.8 Å². The molecule has 0 saturated carbocycles. The molecule has 0 aliphatic carbocycles. The van der Waals surface area contributed by atoms with E-state index in [0.29, 0.717) is 18.9 Å². The summed E-state index contributed by atoms with van der Waals surface area (Å²) in [5.41, 5.74) is 2.21. The summed E-state index contributed by atoms with van der Waals surface area (Å²) in [5, 5.41) is 6.04. The number of hydrogen-bond acceptors (Lipinski definition) is 4. The fraction of sp³-hybridized carbons (Fsp3) is 0.286. The first-order chi connectivity index (χ1) is 9.22. The van der Waals surface area contributed by atoms with E-state index in [0.717, 1.165) is 11.4 Å². The van der Waals surface area contributed by atoms with Crippen LogP contribution in [0.15, 0.2) is 34.9 Å². The first kappa shape index (κ1) is 11.8. The van der Waals surface area contributed by atoms with Crippen LogP contribution in [0.3, 0.4) is 0 Å². The molecule has 2 heterocycles. The van der Waals surface area contributed by atoms with Crippen molar-refractivity contribution in [3.05, 3.63) is 47.7 Å². The summed E-state index contributed by atoms with van der Waals surface area (Å²) in [7, 11) is 0. The third-order valence-electron chi connectivity index (χ3n) is 3.17. The zero-order valence-electron chi connectivity index (χ0n) is 10.6. The number of hydrogen-bond donors (Lipinski definition) is 2. The van der Waals surface area contributed by atoms with E-state index in [9.17, 15) is 4.79 Å². The molecular weight excluding hydrogens is 242 g/mol. The molecule has 1 amide bonds. The van der Waals surface area contributed by atoms with Gasteiger partial charge in [-0.15, -0.1) is 0 Å². The molecule has 1 aromatic carbocycles. The monoisotopic (exact) mass is 257 g/mol. The lowest BCUT2D eigenvalue weighted by molar-refractivity contribution is -0.122. The van der Waals surface area contributed by atoms with Crippen molar-refractivity contribution >= 4 is 11.6 Å². The Hall–Kier alpha value is -2.30. The molecular formula is C14H15N3O2. The van der Waals surface area contributed by atoms with E-state index in [1.807, 2.05) is 31.2 Å². The number of aryl methyl sites for hydroxylation is 1. The number of carbonyl (C=O) groups excluding carboxylic acids is 1. The fourth-order valence-corrected chi connectivity index (χ4v) is 2.23. The van der Waals surface area contributed by atoms with Crippen molar-refractivity contribution in [2.24, 2.45) is 0 Å². The number of oxazole rings is 1. The fourth-order valence-electron chi connectivity index (χ4n) is 2.23. The molecule has 0 spiro atoms. The summed E-state index contributed by atoms with van der Waals surface area (Å²) in [6.07, 6.45) is 2.36. The van der Waals surface area contributed by atoms with E-state index in [1.165, 1.54) is 5.56 Å². The molecule has 19 heavy (non-hydrogen) atoms. The molecule has 1 aliphatic rings. The van der Waals surface area contributed by atoms with Gasteiger partial charge in [0.15, 0.2) is 0 Å². The Balaban J connectivity index is 1.58. The largest absolute Gasteiger partial charge is 0.444 e. The number of nitrogens with zero attached hydrogens (tertiary/aromatic N) is 1. The first-order valence-corrected chi connectivity index (χ1v) is 6.26. The van der Waals surface area contributed by atoms with Crippen molar-refractivity contribution < 1.29 is 9.21 Å². The van der Waals surface area contributed by atoms with Crippen LogP contribution in [0.1, 0.15) is 17.2 Å². The molecule has 5 heteroatoms. The minimum absolute atomic E-state index is 0.0351. The molecule has 0 saturated heterocycles. The molecule has 0 bridgehead atoms. The van der Waals surface area contributed by atoms with E-state index in [4.69, 9.17) is 4.42 Å². The molecule has 3 rings (SSSR count). The van der Waals surface area contributed by atoms with Gasteiger partial charge in [-0.3, -0.25) is 4.79 Å². The quantitative estimate of drug-likeness (QED) is 0.877. The molecule has 98 valence electrons. The number of aromatic nitrogens is 1. The van der Waals surface area contributed by atoms with Crippen molar-refractivity contribution in [2.75, 3.05) is 5.32 Å². The Bertz CT molecular complexity index is 581. The number of fused-ring (bicyclic) bond motifs is 1. The van der Waals surface area contributed by atoms with Crippen LogP contribution in [-0.4, -0.2) is 16.9 Å². The zero-order chi connectivity index (χ0) is 13.2. The van der Waals surface area contributed by atoms with E-state index >= 15 is 0 Å². The van der Waals surface area contributed by atoms with E-state index in [-0.39, 0.29) is 11.9 Å². The molecule has 0 radical (unpaired) electrons. The smallest absolute Gasteiger partial charge is 0.243 e. The van der Waals surface area contributed by atoms with Gasteiger partial charge in [0, 0.05) is 12.1 Å². The summed E-state index contributed by atoms with van der Waals surface area (Å²) in [6, 6.07) is 7.75. The zero-order valence-corrected chi connectivity index (χ0v) is 10.6. The highest BCUT2D eigenvalue weighted by Gasteiger charge is 2.26. The van der Waals surface area contributed by atoms with Gasteiger partial charge in [-0.05, 0) is 18.6 Å². The van der Waals surface area contributed by atoms with Gasteiger partial charge in [0.25, 0.3) is 0 Å². The number of nitrogens with one attached hydrogen (secondary N) is 2. The van der Waals surface area contributed by atoms with E-state index in [2.05, 4.69) is 15.6 Å². The molecule has 1 aromatic heterocycles. The highest BCUT2D eigenvalue weighted by molar-refractivity contribution is 5.87. The van der Waals surface area contributed by atoms with Crippen molar-refractivity contribution in [1.82, 2.24) is 10.3 Å². The van der Waals surface area contributed by atoms with Crippen LogP contribution < -0.4 is 10.6 Å². The lowest BCUT2D eigenvalue weighted by Crippen LogP contribution is -2.38. The Labute approximate surface area is 111 Å². The SMILES string of the molecule is Cc1cnc(CNC(=O)[C@@H]2Cc3ccccc3N2)o1. The standard InChI is InChI=1S/C14H15N3O2/c1-9-7-15-13(19-9)8-16-14(18)12-6-10-4-2-3-5-11(10)17-12/h2-5,7,12,17H,6,8H2,1H3,(H,16,18)/t12-/m0/s1. The summed E-state index contributed by atoms with van der Waals surface area (Å²) in [5.74, 6) is 1.24. The lowest BCUT2D eigenvalue weighted by atomic mass is 10.1. The van der Waals surface area contributed by atoms with Gasteiger partial charge in [-0.1, -0.05) is 18.2 Å². The van der Waals surface area contributed by atoms with Crippen LogP contribution in [0.5, 0.6) is 0 Å². The van der Waals surface area contributed by atoms with Crippen LogP contribution >= 0.6 is 0 Å². The Morgan fingerprint density at radius 3 is 3.11 bits per heavy atom. The molecule has 0 unspecified atom stereocenters. The molecule has 0 fully saturated rings. The Morgan fingerprint density at radius 1 is 1.53 bits per heavy atom. The van der Waals surface area contributed by atoms with Gasteiger partial charge >= 0.3 is 0 Å². The number of anilines is 1. The minimum atomic E-state index is -0.214. The number of rotatable bonds is 3. The van der Waals surface area contributed by atoms with Crippen molar-refractivity contribution in [2.45, 2.75) is 25.9 Å². The summed E-state index contributed by atoms with van der Waals surface area (Å²) in [4.78, 5) is 16.1. The maximum Gasteiger partial charge on any atom is 0.243 e. The Kier molecular flexibility index (Phi) is 2.95. The molecule has 2 aromatic rings. The predicted octanol–water partition coefficient (Wildman–Crippen LogP) is 1.64. The average molecular weight is 257 g/mol. The molecule has 5 nitrogen and oxygen atoms in total. The number of benzene rings is 1. The summed E-state index contributed by atoms with van der Waals surface area (Å²) < 4.78 is 5.31. The highest BCUT2D eigenvalue weighted by atomic mass is 16.4. The normalized spacial score (nSPS) is 16.8. The minimum Gasteiger partial charge on any atom is -0.444 e. The van der Waals surface area contributed by atoms with Crippen LogP contribution in [0, 0.1) is 6.92 Å². The average Bonchev–Trinajstić information content (AvgIpc) is 3.01. The van der Waals surface area contributed by atoms with E-state index < -0.39 is 0 Å². The maximum atomic E-state index is 12.1. The lowest BCUT2D eigenvalue weighted by Gasteiger charge is -2.10. The van der Waals surface area contributed by atoms with Gasteiger partial charge < -0.3 is 15.1 Å². The third-order valence-corrected chi connectivity index (χ3v) is 3.17. The van der Waals surface area contributed by atoms with Gasteiger partial charge in [-0.25, -0.2) is 4.98 Å². The van der Waals surface area contributed by atoms with Gasteiger partial charge in [-0.2, -0.15) is 0 Å². The summed E-state index contributed by atoms with van der Waals surface area (Å²) >= 11 is 0. The Morgan fingerprint density at radius 2 is 2.37 bits per heavy atom. The maximum absolute atomic E-state index is 12.1. The molecule has 1 aliphatic heterocycles. The second kappa shape index (κ2) is 4.76. The number of amides is 1. The topological polar surface area (TPSA) is 67.2 Å². The first-order valence-electron chi connectivity index (χ1n) is 6.26. The van der Waals surface area contributed by atoms with Gasteiger partial charge in [0.05, 0.1) is 12.7 Å². The van der Waals surface area contributed by atoms with E-state index in [1.54, 1.807) is 6.20 Å². The van der Waals surface area contributed by atoms with Gasteiger partial charge in [0.2, 0.25) is 11.8 Å². The number of para-hydroxylation sites is 1. The second-order valence-electron chi connectivity index (χ2n) is 4.64. The van der Waals surface area contributed by atoms with Crippen LogP contribution in [0.25, 0.3) is 0 Å². The van der Waals surface area contributed by atoms with Crippen LogP contribution in [0.2, 0.25) is 0 Å².